The summed E-state index contributed by atoms with van der Waals surface area (Å²) in [6.07, 6.45) is 1.64. The largest absolute Gasteiger partial charge is 0.349 e. The van der Waals surface area contributed by atoms with Gasteiger partial charge in [0.05, 0.1) is 0 Å². The van der Waals surface area contributed by atoms with E-state index in [0.717, 1.165) is 12.8 Å². The van der Waals surface area contributed by atoms with Gasteiger partial charge in [-0.2, -0.15) is 0 Å². The van der Waals surface area contributed by atoms with Crippen LogP contribution in [0.15, 0.2) is 54.6 Å². The van der Waals surface area contributed by atoms with Crippen LogP contribution < -0.4 is 5.32 Å². The van der Waals surface area contributed by atoms with E-state index in [9.17, 15) is 9.18 Å². The Morgan fingerprint density at radius 3 is 2.35 bits per heavy atom. The molecule has 104 valence electrons. The third kappa shape index (κ3) is 3.92. The van der Waals surface area contributed by atoms with Crippen molar-refractivity contribution in [2.75, 3.05) is 0 Å². The number of rotatable bonds is 5. The molecule has 0 saturated heterocycles. The molecule has 0 radical (unpaired) electrons. The second kappa shape index (κ2) is 6.85. The first-order valence-electron chi connectivity index (χ1n) is 6.79. The van der Waals surface area contributed by atoms with E-state index in [1.807, 2.05) is 37.3 Å². The van der Waals surface area contributed by atoms with Crippen molar-refractivity contribution in [2.24, 2.45) is 0 Å². The van der Waals surface area contributed by atoms with Gasteiger partial charge >= 0.3 is 0 Å². The van der Waals surface area contributed by atoms with Crippen molar-refractivity contribution in [3.05, 3.63) is 71.5 Å². The number of halogens is 1. The summed E-state index contributed by atoms with van der Waals surface area (Å²) in [5, 5.41) is 2.99. The molecule has 0 aliphatic rings. The standard InChI is InChI=1S/C17H18FNO/c1-2-16(12-13-6-4-3-5-7-13)19-17(20)14-8-10-15(18)11-9-14/h3-11,16H,2,12H2,1H3,(H,19,20)/t16-/m0/s1. The van der Waals surface area contributed by atoms with Gasteiger partial charge in [-0.25, -0.2) is 4.39 Å². The summed E-state index contributed by atoms with van der Waals surface area (Å²) in [6, 6.07) is 15.7. The number of carbonyl (C=O) groups excluding carboxylic acids is 1. The number of amides is 1. The minimum absolute atomic E-state index is 0.0787. The molecule has 1 atom stereocenters. The molecule has 0 saturated carbocycles. The summed E-state index contributed by atoms with van der Waals surface area (Å²) >= 11 is 0. The van der Waals surface area contributed by atoms with Gasteiger partial charge in [-0.05, 0) is 42.7 Å². The molecule has 20 heavy (non-hydrogen) atoms. The molecule has 2 aromatic rings. The summed E-state index contributed by atoms with van der Waals surface area (Å²) in [5.74, 6) is -0.495. The van der Waals surface area contributed by atoms with Gasteiger partial charge in [0, 0.05) is 11.6 Å². The fourth-order valence-corrected chi connectivity index (χ4v) is 2.07. The van der Waals surface area contributed by atoms with E-state index in [1.165, 1.54) is 29.8 Å². The summed E-state index contributed by atoms with van der Waals surface area (Å²) in [6.45, 7) is 2.04. The van der Waals surface area contributed by atoms with E-state index in [1.54, 1.807) is 0 Å². The Morgan fingerprint density at radius 1 is 1.10 bits per heavy atom. The first kappa shape index (κ1) is 14.3. The summed E-state index contributed by atoms with van der Waals surface area (Å²) in [5.41, 5.74) is 1.68. The van der Waals surface area contributed by atoms with Crippen molar-refractivity contribution in [1.82, 2.24) is 5.32 Å². The van der Waals surface area contributed by atoms with Crippen LogP contribution in [0.1, 0.15) is 29.3 Å². The van der Waals surface area contributed by atoms with Crippen molar-refractivity contribution in [2.45, 2.75) is 25.8 Å². The van der Waals surface area contributed by atoms with Crippen LogP contribution in [0, 0.1) is 5.82 Å². The molecule has 0 aliphatic carbocycles. The Labute approximate surface area is 118 Å². The van der Waals surface area contributed by atoms with Gasteiger partial charge in [0.25, 0.3) is 5.91 Å². The monoisotopic (exact) mass is 271 g/mol. The number of hydrogen-bond acceptors (Lipinski definition) is 1. The quantitative estimate of drug-likeness (QED) is 0.885. The van der Waals surface area contributed by atoms with Crippen LogP contribution in [0.5, 0.6) is 0 Å². The highest BCUT2D eigenvalue weighted by molar-refractivity contribution is 5.94. The molecule has 0 aromatic heterocycles. The van der Waals surface area contributed by atoms with Gasteiger partial charge < -0.3 is 5.32 Å². The third-order valence-corrected chi connectivity index (χ3v) is 3.26. The van der Waals surface area contributed by atoms with Crippen LogP contribution in [-0.2, 0) is 6.42 Å². The van der Waals surface area contributed by atoms with Crippen LogP contribution in [0.3, 0.4) is 0 Å². The van der Waals surface area contributed by atoms with Crippen LogP contribution in [0.4, 0.5) is 4.39 Å². The molecule has 0 aliphatic heterocycles. The lowest BCUT2D eigenvalue weighted by Gasteiger charge is -2.17. The zero-order valence-electron chi connectivity index (χ0n) is 11.5. The minimum Gasteiger partial charge on any atom is -0.349 e. The Hall–Kier alpha value is -2.16. The molecule has 0 spiro atoms. The van der Waals surface area contributed by atoms with Crippen molar-refractivity contribution >= 4 is 5.91 Å². The molecule has 0 unspecified atom stereocenters. The molecule has 0 heterocycles. The molecule has 1 N–H and O–H groups in total. The fraction of sp³-hybridized carbons (Fsp3) is 0.235. The zero-order chi connectivity index (χ0) is 14.4. The van der Waals surface area contributed by atoms with Gasteiger partial charge in [-0.3, -0.25) is 4.79 Å². The number of hydrogen-bond donors (Lipinski definition) is 1. The predicted molar refractivity (Wildman–Crippen MR) is 78.1 cm³/mol. The van der Waals surface area contributed by atoms with Gasteiger partial charge in [0.2, 0.25) is 0 Å². The maximum Gasteiger partial charge on any atom is 0.251 e. The highest BCUT2D eigenvalue weighted by atomic mass is 19.1. The van der Waals surface area contributed by atoms with Crippen LogP contribution in [0.2, 0.25) is 0 Å². The highest BCUT2D eigenvalue weighted by Crippen LogP contribution is 2.08. The maximum absolute atomic E-state index is 12.8. The normalized spacial score (nSPS) is 11.9. The number of carbonyl (C=O) groups is 1. The lowest BCUT2D eigenvalue weighted by atomic mass is 10.0. The zero-order valence-corrected chi connectivity index (χ0v) is 11.5. The second-order valence-electron chi connectivity index (χ2n) is 4.78. The van der Waals surface area contributed by atoms with Crippen molar-refractivity contribution in [1.29, 1.82) is 0 Å². The summed E-state index contributed by atoms with van der Waals surface area (Å²) < 4.78 is 12.8. The van der Waals surface area contributed by atoms with E-state index < -0.39 is 0 Å². The average Bonchev–Trinajstić information content (AvgIpc) is 2.48. The Kier molecular flexibility index (Phi) is 4.88. The topological polar surface area (TPSA) is 29.1 Å². The molecule has 0 fully saturated rings. The Balaban J connectivity index is 1.99. The highest BCUT2D eigenvalue weighted by Gasteiger charge is 2.12. The molecular weight excluding hydrogens is 253 g/mol. The van der Waals surface area contributed by atoms with Gasteiger partial charge in [-0.1, -0.05) is 37.3 Å². The predicted octanol–water partition coefficient (Wildman–Crippen LogP) is 3.58. The van der Waals surface area contributed by atoms with Crippen LogP contribution in [0.25, 0.3) is 0 Å². The Morgan fingerprint density at radius 2 is 1.75 bits per heavy atom. The fourth-order valence-electron chi connectivity index (χ4n) is 2.07. The van der Waals surface area contributed by atoms with Gasteiger partial charge in [0.1, 0.15) is 5.82 Å². The van der Waals surface area contributed by atoms with Crippen molar-refractivity contribution in [3.8, 4) is 0 Å². The number of nitrogens with one attached hydrogen (secondary N) is 1. The van der Waals surface area contributed by atoms with E-state index >= 15 is 0 Å². The molecule has 2 aromatic carbocycles. The molecular formula is C17H18FNO. The molecule has 1 amide bonds. The molecule has 0 bridgehead atoms. The molecule has 2 nitrogen and oxygen atoms in total. The SMILES string of the molecule is CC[C@@H](Cc1ccccc1)NC(=O)c1ccc(F)cc1. The van der Waals surface area contributed by atoms with Crippen LogP contribution in [-0.4, -0.2) is 11.9 Å². The first-order valence-corrected chi connectivity index (χ1v) is 6.79. The summed E-state index contributed by atoms with van der Waals surface area (Å²) in [7, 11) is 0. The smallest absolute Gasteiger partial charge is 0.251 e. The van der Waals surface area contributed by atoms with Gasteiger partial charge in [-0.15, -0.1) is 0 Å². The minimum atomic E-state index is -0.335. The average molecular weight is 271 g/mol. The lowest BCUT2D eigenvalue weighted by molar-refractivity contribution is 0.0936. The molecule has 3 heteroatoms. The van der Waals surface area contributed by atoms with Crippen LogP contribution >= 0.6 is 0 Å². The van der Waals surface area contributed by atoms with Crippen molar-refractivity contribution < 1.29 is 9.18 Å². The summed E-state index contributed by atoms with van der Waals surface area (Å²) in [4.78, 5) is 12.1. The van der Waals surface area contributed by atoms with E-state index in [-0.39, 0.29) is 17.8 Å². The maximum atomic E-state index is 12.8. The van der Waals surface area contributed by atoms with E-state index in [0.29, 0.717) is 5.56 Å². The van der Waals surface area contributed by atoms with Gasteiger partial charge in [0.15, 0.2) is 0 Å². The molecule has 2 rings (SSSR count). The van der Waals surface area contributed by atoms with E-state index in [4.69, 9.17) is 0 Å². The third-order valence-electron chi connectivity index (χ3n) is 3.26. The van der Waals surface area contributed by atoms with Crippen molar-refractivity contribution in [3.63, 3.8) is 0 Å². The lowest BCUT2D eigenvalue weighted by Crippen LogP contribution is -2.35. The number of benzene rings is 2. The van der Waals surface area contributed by atoms with E-state index in [2.05, 4.69) is 5.32 Å². The first-order chi connectivity index (χ1) is 9.69. The second-order valence-corrected chi connectivity index (χ2v) is 4.78. The Bertz CT molecular complexity index is 551.